The van der Waals surface area contributed by atoms with Crippen LogP contribution < -0.4 is 16.0 Å². The van der Waals surface area contributed by atoms with Crippen molar-refractivity contribution in [3.8, 4) is 11.8 Å². The summed E-state index contributed by atoms with van der Waals surface area (Å²) in [6.45, 7) is 10.0. The molecule has 0 bridgehead atoms. The number of thioether (sulfide) groups is 1. The zero-order valence-electron chi connectivity index (χ0n) is 21.6. The molecule has 1 saturated carbocycles. The van der Waals surface area contributed by atoms with Crippen LogP contribution >= 0.6 is 11.8 Å². The highest BCUT2D eigenvalue weighted by molar-refractivity contribution is 8.06. The van der Waals surface area contributed by atoms with Gasteiger partial charge in [0.25, 0.3) is 5.91 Å². The Labute approximate surface area is 223 Å². The van der Waals surface area contributed by atoms with Crippen LogP contribution in [0.1, 0.15) is 59.3 Å². The molecule has 3 amide bonds. The minimum Gasteiger partial charge on any atom is -0.344 e. The minimum atomic E-state index is -0.788. The molecule has 0 atom stereocenters. The first-order chi connectivity index (χ1) is 17.8. The average Bonchev–Trinajstić information content (AvgIpc) is 3.68. The molecule has 2 aromatic rings. The van der Waals surface area contributed by atoms with E-state index in [2.05, 4.69) is 66.4 Å². The van der Waals surface area contributed by atoms with Crippen molar-refractivity contribution >= 4 is 29.5 Å². The maximum Gasteiger partial charge on any atom is 0.310 e. The number of carbonyl (C=O) groups is 3. The number of carbonyl (C=O) groups excluding carboxylic acids is 3. The first-order valence-corrected chi connectivity index (χ1v) is 13.2. The largest absolute Gasteiger partial charge is 0.344 e. The highest BCUT2D eigenvalue weighted by atomic mass is 32.2. The smallest absolute Gasteiger partial charge is 0.310 e. The molecule has 0 heterocycles. The zero-order valence-corrected chi connectivity index (χ0v) is 22.4. The van der Waals surface area contributed by atoms with E-state index in [-0.39, 0.29) is 24.5 Å². The average molecular weight is 516 g/mol. The fourth-order valence-electron chi connectivity index (χ4n) is 3.96. The van der Waals surface area contributed by atoms with E-state index < -0.39 is 11.8 Å². The molecule has 0 aliphatic heterocycles. The molecule has 0 spiro atoms. The van der Waals surface area contributed by atoms with Gasteiger partial charge in [-0.3, -0.25) is 14.4 Å². The molecule has 37 heavy (non-hydrogen) atoms. The summed E-state index contributed by atoms with van der Waals surface area (Å²) in [5.74, 6) is 3.80. The van der Waals surface area contributed by atoms with E-state index in [0.717, 1.165) is 24.8 Å². The van der Waals surface area contributed by atoms with Gasteiger partial charge in [-0.1, -0.05) is 79.6 Å². The van der Waals surface area contributed by atoms with Crippen molar-refractivity contribution in [2.75, 3.05) is 6.54 Å². The fraction of sp³-hybridized carbons (Fsp3) is 0.300. The van der Waals surface area contributed by atoms with Gasteiger partial charge in [-0.25, -0.2) is 0 Å². The molecule has 1 aliphatic carbocycles. The van der Waals surface area contributed by atoms with Crippen molar-refractivity contribution in [1.82, 2.24) is 16.0 Å². The number of hydrogen-bond acceptors (Lipinski definition) is 4. The Morgan fingerprint density at radius 2 is 1.81 bits per heavy atom. The normalized spacial score (nSPS) is 13.3. The Morgan fingerprint density at radius 3 is 2.49 bits per heavy atom. The number of amides is 3. The molecule has 0 unspecified atom stereocenters. The predicted molar refractivity (Wildman–Crippen MR) is 150 cm³/mol. The first-order valence-electron chi connectivity index (χ1n) is 12.3. The topological polar surface area (TPSA) is 87.3 Å². The van der Waals surface area contributed by atoms with Gasteiger partial charge in [0.15, 0.2) is 0 Å². The molecular weight excluding hydrogens is 482 g/mol. The van der Waals surface area contributed by atoms with Gasteiger partial charge in [0.2, 0.25) is 0 Å². The zero-order chi connectivity index (χ0) is 26.8. The summed E-state index contributed by atoms with van der Waals surface area (Å²) >= 11 is 1.39. The summed E-state index contributed by atoms with van der Waals surface area (Å²) in [7, 11) is 0. The molecule has 0 saturated heterocycles. The molecule has 2 aromatic carbocycles. The van der Waals surface area contributed by atoms with Crippen LogP contribution in [0.4, 0.5) is 0 Å². The molecule has 1 fully saturated rings. The lowest BCUT2D eigenvalue weighted by atomic mass is 9.97. The second-order valence-electron chi connectivity index (χ2n) is 8.87. The molecule has 6 nitrogen and oxygen atoms in total. The van der Waals surface area contributed by atoms with Crippen molar-refractivity contribution in [2.24, 2.45) is 0 Å². The number of rotatable bonds is 9. The van der Waals surface area contributed by atoms with E-state index >= 15 is 0 Å². The third-order valence-electron chi connectivity index (χ3n) is 6.20. The van der Waals surface area contributed by atoms with Crippen LogP contribution in [-0.4, -0.2) is 24.3 Å². The summed E-state index contributed by atoms with van der Waals surface area (Å²) in [5, 5.41) is 10.1. The van der Waals surface area contributed by atoms with Crippen molar-refractivity contribution < 1.29 is 14.4 Å². The Bertz CT molecular complexity index is 1280. The maximum atomic E-state index is 13.2. The lowest BCUT2D eigenvalue weighted by molar-refractivity contribution is -0.139. The molecule has 3 rings (SSSR count). The number of benzene rings is 2. The molecular formula is C30H33N3O3S. The van der Waals surface area contributed by atoms with Crippen LogP contribution in [0.25, 0.3) is 0 Å². The molecule has 0 radical (unpaired) electrons. The Balaban J connectivity index is 1.57. The maximum absolute atomic E-state index is 13.2. The lowest BCUT2D eigenvalue weighted by Gasteiger charge is -2.20. The molecule has 1 aliphatic rings. The Kier molecular flexibility index (Phi) is 9.76. The van der Waals surface area contributed by atoms with Crippen molar-refractivity contribution in [2.45, 2.75) is 52.1 Å². The van der Waals surface area contributed by atoms with Gasteiger partial charge in [-0.15, -0.1) is 0 Å². The molecule has 192 valence electrons. The van der Waals surface area contributed by atoms with Crippen molar-refractivity contribution in [1.29, 1.82) is 0 Å². The first kappa shape index (κ1) is 27.8. The predicted octanol–water partition coefficient (Wildman–Crippen LogP) is 4.49. The van der Waals surface area contributed by atoms with Crippen LogP contribution in [0.3, 0.4) is 0 Å². The Morgan fingerprint density at radius 1 is 1.08 bits per heavy atom. The van der Waals surface area contributed by atoms with Crippen molar-refractivity contribution in [3.05, 3.63) is 93.2 Å². The fourth-order valence-corrected chi connectivity index (χ4v) is 4.40. The molecule has 3 N–H and O–H groups in total. The highest BCUT2D eigenvalue weighted by Gasteiger charge is 2.46. The summed E-state index contributed by atoms with van der Waals surface area (Å²) in [4.78, 5) is 38.3. The van der Waals surface area contributed by atoms with E-state index in [1.165, 1.54) is 22.9 Å². The second kappa shape index (κ2) is 13.0. The van der Waals surface area contributed by atoms with Crippen molar-refractivity contribution in [3.63, 3.8) is 0 Å². The molecule has 7 heteroatoms. The van der Waals surface area contributed by atoms with Gasteiger partial charge in [0.1, 0.15) is 0 Å². The van der Waals surface area contributed by atoms with E-state index in [4.69, 9.17) is 0 Å². The number of nitrogens with one attached hydrogen (secondary N) is 3. The van der Waals surface area contributed by atoms with E-state index in [1.807, 2.05) is 18.4 Å². The number of hydrogen-bond donors (Lipinski definition) is 3. The summed E-state index contributed by atoms with van der Waals surface area (Å²) in [5.41, 5.74) is 4.39. The summed E-state index contributed by atoms with van der Waals surface area (Å²) < 4.78 is 0. The van der Waals surface area contributed by atoms with Crippen LogP contribution in [0, 0.1) is 18.8 Å². The van der Waals surface area contributed by atoms with Crippen LogP contribution in [-0.2, 0) is 28.1 Å². The van der Waals surface area contributed by atoms with Gasteiger partial charge in [-0.05, 0) is 66.8 Å². The summed E-state index contributed by atoms with van der Waals surface area (Å²) in [6.07, 6.45) is 4.61. The Hall–Kier alpha value is -3.76. The second-order valence-corrected chi connectivity index (χ2v) is 9.87. The van der Waals surface area contributed by atoms with Gasteiger partial charge in [-0.2, -0.15) is 0 Å². The third kappa shape index (κ3) is 7.61. The monoisotopic (exact) mass is 515 g/mol. The number of allylic oxidation sites excluding steroid dienone is 2. The highest BCUT2D eigenvalue weighted by Crippen LogP contribution is 2.46. The van der Waals surface area contributed by atoms with Gasteiger partial charge in [0, 0.05) is 12.1 Å². The van der Waals surface area contributed by atoms with Crippen LogP contribution in [0.5, 0.6) is 0 Å². The van der Waals surface area contributed by atoms with Gasteiger partial charge < -0.3 is 16.0 Å². The third-order valence-corrected chi connectivity index (χ3v) is 6.99. The van der Waals surface area contributed by atoms with Gasteiger partial charge in [0.05, 0.1) is 17.0 Å². The quantitative estimate of drug-likeness (QED) is 0.339. The van der Waals surface area contributed by atoms with Crippen LogP contribution in [0.2, 0.25) is 0 Å². The minimum absolute atomic E-state index is 0.0292. The summed E-state index contributed by atoms with van der Waals surface area (Å²) in [6, 6.07) is 13.5. The SMILES string of the molecule is C=C(C#CCNC(=O)C(=O)NCc1ccccc1C(=O)NC1(c2ccc(CC)c(C)c2)CC1)S/C=C\C. The van der Waals surface area contributed by atoms with E-state index in [0.29, 0.717) is 16.0 Å². The van der Waals surface area contributed by atoms with Crippen LogP contribution in [0.15, 0.2) is 65.4 Å². The van der Waals surface area contributed by atoms with E-state index in [9.17, 15) is 14.4 Å². The standard InChI is InChI=1S/C30H33N3O3S/c1-5-18-37-22(4)10-9-17-31-28(35)29(36)32-20-24-11-7-8-12-26(24)27(34)33-30(15-16-30)25-14-13-23(6-2)21(3)19-25/h5,7-8,11-14,18-19H,4,6,15-17,20H2,1-3H3,(H,31,35)(H,32,36)(H,33,34)/b18-5-. The number of aryl methyl sites for hydroxylation is 2. The lowest BCUT2D eigenvalue weighted by Crippen LogP contribution is -2.40. The van der Waals surface area contributed by atoms with Gasteiger partial charge >= 0.3 is 11.8 Å². The molecule has 0 aromatic heterocycles. The van der Waals surface area contributed by atoms with E-state index in [1.54, 1.807) is 24.3 Å².